The van der Waals surface area contributed by atoms with Crippen molar-refractivity contribution in [1.82, 2.24) is 10.3 Å². The van der Waals surface area contributed by atoms with Crippen LogP contribution in [-0.4, -0.2) is 39.7 Å². The first-order valence-corrected chi connectivity index (χ1v) is 5.68. The molecule has 1 unspecified atom stereocenters. The summed E-state index contributed by atoms with van der Waals surface area (Å²) >= 11 is 11.4. The van der Waals surface area contributed by atoms with Gasteiger partial charge in [0, 0.05) is 13.0 Å². The first-order chi connectivity index (χ1) is 8.45. The number of aromatic nitrogens is 1. The lowest BCUT2D eigenvalue weighted by atomic mass is 10.2. The second-order valence-corrected chi connectivity index (χ2v) is 4.14. The van der Waals surface area contributed by atoms with Crippen LogP contribution in [-0.2, 0) is 4.79 Å². The van der Waals surface area contributed by atoms with Gasteiger partial charge in [0.05, 0.1) is 5.02 Å². The van der Waals surface area contributed by atoms with Gasteiger partial charge >= 0.3 is 5.97 Å². The summed E-state index contributed by atoms with van der Waals surface area (Å²) in [5.41, 5.74) is -0.159. The molecule has 0 fully saturated rings. The van der Waals surface area contributed by atoms with Crippen LogP contribution in [0.2, 0.25) is 10.2 Å². The minimum atomic E-state index is -1.25. The highest BCUT2D eigenvalue weighted by molar-refractivity contribution is 6.34. The lowest BCUT2D eigenvalue weighted by molar-refractivity contribution is -0.139. The van der Waals surface area contributed by atoms with E-state index in [1.807, 2.05) is 0 Å². The van der Waals surface area contributed by atoms with Crippen molar-refractivity contribution in [3.05, 3.63) is 28.0 Å². The first-order valence-electron chi connectivity index (χ1n) is 4.92. The Labute approximate surface area is 113 Å². The van der Waals surface area contributed by atoms with Gasteiger partial charge in [0.1, 0.15) is 16.9 Å². The number of aliphatic hydroxyl groups is 1. The number of carbonyl (C=O) groups excluding carboxylic acids is 1. The molecule has 98 valence electrons. The van der Waals surface area contributed by atoms with Gasteiger partial charge in [-0.15, -0.1) is 0 Å². The van der Waals surface area contributed by atoms with E-state index in [9.17, 15) is 9.59 Å². The van der Waals surface area contributed by atoms with Gasteiger partial charge in [-0.2, -0.15) is 0 Å². The molecule has 0 saturated heterocycles. The fourth-order valence-corrected chi connectivity index (χ4v) is 1.53. The quantitative estimate of drug-likeness (QED) is 0.702. The Balaban J connectivity index is 2.86. The number of pyridine rings is 1. The molecule has 0 aromatic carbocycles. The molecular weight excluding hydrogens is 283 g/mol. The molecule has 1 heterocycles. The Morgan fingerprint density at radius 1 is 1.39 bits per heavy atom. The van der Waals surface area contributed by atoms with Crippen molar-refractivity contribution in [2.45, 2.75) is 12.5 Å². The van der Waals surface area contributed by atoms with Crippen molar-refractivity contribution in [2.75, 3.05) is 6.61 Å². The van der Waals surface area contributed by atoms with E-state index in [0.717, 1.165) is 0 Å². The molecule has 3 N–H and O–H groups in total. The maximum Gasteiger partial charge on any atom is 0.326 e. The summed E-state index contributed by atoms with van der Waals surface area (Å²) in [4.78, 5) is 26.3. The number of amides is 1. The van der Waals surface area contributed by atoms with Crippen molar-refractivity contribution in [3.63, 3.8) is 0 Å². The molecule has 0 aliphatic rings. The molecule has 0 spiro atoms. The molecule has 0 radical (unpaired) electrons. The number of hydrogen-bond acceptors (Lipinski definition) is 4. The zero-order valence-corrected chi connectivity index (χ0v) is 10.6. The number of rotatable bonds is 5. The van der Waals surface area contributed by atoms with Gasteiger partial charge in [0.15, 0.2) is 0 Å². The third-order valence-corrected chi connectivity index (χ3v) is 2.56. The van der Waals surface area contributed by atoms with Gasteiger partial charge in [0.2, 0.25) is 0 Å². The lowest BCUT2D eigenvalue weighted by Crippen LogP contribution is -2.41. The van der Waals surface area contributed by atoms with E-state index in [-0.39, 0.29) is 28.9 Å². The number of hydrogen-bond donors (Lipinski definition) is 3. The summed E-state index contributed by atoms with van der Waals surface area (Å²) in [6, 6.07) is 1.58. The molecule has 0 saturated carbocycles. The summed E-state index contributed by atoms with van der Waals surface area (Å²) in [7, 11) is 0. The van der Waals surface area contributed by atoms with E-state index >= 15 is 0 Å². The Hall–Kier alpha value is -1.37. The van der Waals surface area contributed by atoms with Crippen molar-refractivity contribution in [3.8, 4) is 0 Å². The van der Waals surface area contributed by atoms with Crippen LogP contribution >= 0.6 is 23.2 Å². The number of carbonyl (C=O) groups is 2. The number of aliphatic carboxylic acids is 1. The highest BCUT2D eigenvalue weighted by Gasteiger charge is 2.22. The van der Waals surface area contributed by atoms with Crippen LogP contribution in [0.4, 0.5) is 0 Å². The molecule has 0 bridgehead atoms. The van der Waals surface area contributed by atoms with Crippen LogP contribution in [0.5, 0.6) is 0 Å². The van der Waals surface area contributed by atoms with E-state index in [2.05, 4.69) is 10.3 Å². The van der Waals surface area contributed by atoms with Gasteiger partial charge in [-0.1, -0.05) is 23.2 Å². The van der Waals surface area contributed by atoms with Gasteiger partial charge in [-0.25, -0.2) is 9.78 Å². The summed E-state index contributed by atoms with van der Waals surface area (Å²) in [5, 5.41) is 19.8. The summed E-state index contributed by atoms with van der Waals surface area (Å²) in [5.74, 6) is -2.01. The number of carboxylic acid groups (broad SMARTS) is 1. The van der Waals surface area contributed by atoms with Gasteiger partial charge in [-0.3, -0.25) is 4.79 Å². The molecule has 6 nitrogen and oxygen atoms in total. The minimum Gasteiger partial charge on any atom is -0.480 e. The highest BCUT2D eigenvalue weighted by atomic mass is 35.5. The SMILES string of the molecule is O=C(NC(CCO)C(=O)O)c1nc(Cl)ccc1Cl. The largest absolute Gasteiger partial charge is 0.480 e. The predicted molar refractivity (Wildman–Crippen MR) is 64.8 cm³/mol. The average Bonchev–Trinajstić information content (AvgIpc) is 2.31. The molecule has 0 aliphatic carbocycles. The zero-order chi connectivity index (χ0) is 13.7. The maximum absolute atomic E-state index is 11.7. The van der Waals surface area contributed by atoms with E-state index in [1.54, 1.807) is 0 Å². The molecule has 8 heteroatoms. The van der Waals surface area contributed by atoms with E-state index in [4.69, 9.17) is 33.4 Å². The topological polar surface area (TPSA) is 99.5 Å². The van der Waals surface area contributed by atoms with Crippen LogP contribution in [0.25, 0.3) is 0 Å². The molecule has 0 aliphatic heterocycles. The Morgan fingerprint density at radius 3 is 2.61 bits per heavy atom. The van der Waals surface area contributed by atoms with Crippen LogP contribution in [0.3, 0.4) is 0 Å². The second-order valence-electron chi connectivity index (χ2n) is 3.34. The van der Waals surface area contributed by atoms with Crippen LogP contribution in [0.15, 0.2) is 12.1 Å². The summed E-state index contributed by atoms with van der Waals surface area (Å²) < 4.78 is 0. The predicted octanol–water partition coefficient (Wildman–Crippen LogP) is 0.954. The van der Waals surface area contributed by atoms with Crippen molar-refractivity contribution >= 4 is 35.1 Å². The average molecular weight is 293 g/mol. The van der Waals surface area contributed by atoms with Crippen LogP contribution in [0, 0.1) is 0 Å². The molecule has 1 aromatic rings. The third kappa shape index (κ3) is 3.83. The van der Waals surface area contributed by atoms with Crippen LogP contribution < -0.4 is 5.32 Å². The third-order valence-electron chi connectivity index (χ3n) is 2.05. The van der Waals surface area contributed by atoms with E-state index in [1.165, 1.54) is 12.1 Å². The Morgan fingerprint density at radius 2 is 2.06 bits per heavy atom. The lowest BCUT2D eigenvalue weighted by Gasteiger charge is -2.13. The Bertz CT molecular complexity index is 467. The van der Waals surface area contributed by atoms with Crippen LogP contribution in [0.1, 0.15) is 16.9 Å². The maximum atomic E-state index is 11.7. The smallest absolute Gasteiger partial charge is 0.326 e. The first kappa shape index (κ1) is 14.7. The molecule has 1 aromatic heterocycles. The van der Waals surface area contributed by atoms with Crippen molar-refractivity contribution < 1.29 is 19.8 Å². The molecular formula is C10H10Cl2N2O4. The van der Waals surface area contributed by atoms with Gasteiger partial charge < -0.3 is 15.5 Å². The van der Waals surface area contributed by atoms with Crippen molar-refractivity contribution in [2.24, 2.45) is 0 Å². The van der Waals surface area contributed by atoms with Gasteiger partial charge in [0.25, 0.3) is 5.91 Å². The fraction of sp³-hybridized carbons (Fsp3) is 0.300. The zero-order valence-electron chi connectivity index (χ0n) is 9.06. The van der Waals surface area contributed by atoms with Gasteiger partial charge in [-0.05, 0) is 12.1 Å². The fourth-order valence-electron chi connectivity index (χ4n) is 1.19. The number of nitrogens with zero attached hydrogens (tertiary/aromatic N) is 1. The molecule has 18 heavy (non-hydrogen) atoms. The number of aliphatic hydroxyl groups excluding tert-OH is 1. The summed E-state index contributed by atoms with van der Waals surface area (Å²) in [6.07, 6.45) is -0.112. The van der Waals surface area contributed by atoms with E-state index in [0.29, 0.717) is 0 Å². The molecule has 1 amide bonds. The Kier molecular flexibility index (Phi) is 5.33. The highest BCUT2D eigenvalue weighted by Crippen LogP contribution is 2.16. The number of carboxylic acids is 1. The minimum absolute atomic E-state index is 0.0602. The monoisotopic (exact) mass is 292 g/mol. The number of nitrogens with one attached hydrogen (secondary N) is 1. The van der Waals surface area contributed by atoms with E-state index < -0.39 is 17.9 Å². The standard InChI is InChI=1S/C10H10Cl2N2O4/c11-5-1-2-7(12)14-8(5)9(16)13-6(3-4-15)10(17)18/h1-2,6,15H,3-4H2,(H,13,16)(H,17,18). The number of halogens is 2. The normalized spacial score (nSPS) is 11.9. The van der Waals surface area contributed by atoms with Crippen molar-refractivity contribution in [1.29, 1.82) is 0 Å². The molecule has 1 atom stereocenters. The summed E-state index contributed by atoms with van der Waals surface area (Å²) in [6.45, 7) is -0.367. The molecule has 1 rings (SSSR count). The second kappa shape index (κ2) is 6.53.